The second-order valence-electron chi connectivity index (χ2n) is 6.08. The SMILES string of the molecule is CCOC(=O)C1(C#N)C(C(=O)c2ccc(Cl)cc2)C1c1ccc(Br)cc1. The lowest BCUT2D eigenvalue weighted by Crippen LogP contribution is -2.23. The van der Waals surface area contributed by atoms with Gasteiger partial charge in [-0.1, -0.05) is 39.7 Å². The van der Waals surface area contributed by atoms with Gasteiger partial charge in [0.1, 0.15) is 0 Å². The zero-order valence-electron chi connectivity index (χ0n) is 13.9. The number of esters is 1. The van der Waals surface area contributed by atoms with Crippen molar-refractivity contribution in [2.75, 3.05) is 6.61 Å². The predicted molar refractivity (Wildman–Crippen MR) is 101 cm³/mol. The third kappa shape index (κ3) is 3.04. The summed E-state index contributed by atoms with van der Waals surface area (Å²) in [6, 6.07) is 15.8. The van der Waals surface area contributed by atoms with Crippen molar-refractivity contribution in [1.29, 1.82) is 5.26 Å². The van der Waals surface area contributed by atoms with Crippen LogP contribution in [0.2, 0.25) is 5.02 Å². The molecule has 6 heteroatoms. The molecule has 3 rings (SSSR count). The van der Waals surface area contributed by atoms with Crippen LogP contribution in [0, 0.1) is 22.7 Å². The van der Waals surface area contributed by atoms with Crippen LogP contribution in [0.4, 0.5) is 0 Å². The first-order chi connectivity index (χ1) is 12.5. The Bertz CT molecular complexity index is 889. The number of halogens is 2. The number of ketones is 1. The molecular formula is C20H15BrClNO3. The molecule has 1 aliphatic carbocycles. The Kier molecular flexibility index (Phi) is 5.17. The number of carbonyl (C=O) groups is 2. The van der Waals surface area contributed by atoms with Crippen LogP contribution < -0.4 is 0 Å². The van der Waals surface area contributed by atoms with E-state index in [1.165, 1.54) is 0 Å². The van der Waals surface area contributed by atoms with Crippen LogP contribution in [0.5, 0.6) is 0 Å². The standard InChI is InChI=1S/C20H15BrClNO3/c1-2-26-19(25)20(11-23)16(12-3-7-14(21)8-4-12)17(20)18(24)13-5-9-15(22)10-6-13/h3-10,16-17H,2H2,1H3. The molecule has 0 N–H and O–H groups in total. The van der Waals surface area contributed by atoms with Gasteiger partial charge in [-0.3, -0.25) is 9.59 Å². The van der Waals surface area contributed by atoms with Crippen LogP contribution in [0.1, 0.15) is 28.8 Å². The van der Waals surface area contributed by atoms with E-state index in [0.29, 0.717) is 10.6 Å². The number of benzene rings is 2. The Labute approximate surface area is 164 Å². The van der Waals surface area contributed by atoms with Gasteiger partial charge >= 0.3 is 5.97 Å². The summed E-state index contributed by atoms with van der Waals surface area (Å²) in [6.07, 6.45) is 0. The zero-order valence-corrected chi connectivity index (χ0v) is 16.3. The van der Waals surface area contributed by atoms with Gasteiger partial charge in [0.2, 0.25) is 0 Å². The summed E-state index contributed by atoms with van der Waals surface area (Å²) in [7, 11) is 0. The van der Waals surface area contributed by atoms with E-state index in [0.717, 1.165) is 10.0 Å². The molecule has 0 radical (unpaired) electrons. The van der Waals surface area contributed by atoms with Crippen LogP contribution in [0.3, 0.4) is 0 Å². The molecule has 0 amide bonds. The van der Waals surface area contributed by atoms with Gasteiger partial charge in [0.15, 0.2) is 11.2 Å². The summed E-state index contributed by atoms with van der Waals surface area (Å²) in [5.74, 6) is -2.23. The number of ether oxygens (including phenoxy) is 1. The van der Waals surface area contributed by atoms with E-state index in [2.05, 4.69) is 22.0 Å². The average molecular weight is 433 g/mol. The van der Waals surface area contributed by atoms with E-state index in [1.807, 2.05) is 24.3 Å². The van der Waals surface area contributed by atoms with Crippen molar-refractivity contribution >= 4 is 39.3 Å². The number of rotatable bonds is 5. The van der Waals surface area contributed by atoms with Gasteiger partial charge < -0.3 is 4.74 Å². The van der Waals surface area contributed by atoms with Gasteiger partial charge in [-0.2, -0.15) is 5.26 Å². The van der Waals surface area contributed by atoms with Gasteiger partial charge in [-0.25, -0.2) is 0 Å². The molecule has 0 saturated heterocycles. The zero-order chi connectivity index (χ0) is 18.9. The number of carbonyl (C=O) groups excluding carboxylic acids is 2. The fourth-order valence-corrected chi connectivity index (χ4v) is 3.74. The molecule has 0 spiro atoms. The van der Waals surface area contributed by atoms with E-state index in [1.54, 1.807) is 31.2 Å². The molecule has 26 heavy (non-hydrogen) atoms. The maximum absolute atomic E-state index is 13.0. The van der Waals surface area contributed by atoms with Gasteiger partial charge in [0.25, 0.3) is 0 Å². The molecule has 2 aromatic carbocycles. The first kappa shape index (κ1) is 18.6. The maximum atomic E-state index is 13.0. The molecular weight excluding hydrogens is 418 g/mol. The molecule has 132 valence electrons. The molecule has 0 aromatic heterocycles. The number of nitriles is 1. The third-order valence-corrected chi connectivity index (χ3v) is 5.42. The molecule has 0 aliphatic heterocycles. The second-order valence-corrected chi connectivity index (χ2v) is 7.43. The predicted octanol–water partition coefficient (Wildman–Crippen LogP) is 4.77. The van der Waals surface area contributed by atoms with Crippen LogP contribution in [-0.4, -0.2) is 18.4 Å². The summed E-state index contributed by atoms with van der Waals surface area (Å²) in [5, 5.41) is 10.3. The quantitative estimate of drug-likeness (QED) is 0.504. The fraction of sp³-hybridized carbons (Fsp3) is 0.250. The van der Waals surface area contributed by atoms with Crippen molar-refractivity contribution < 1.29 is 14.3 Å². The largest absolute Gasteiger partial charge is 0.465 e. The lowest BCUT2D eigenvalue weighted by Gasteiger charge is -2.08. The Morgan fingerprint density at radius 2 is 1.81 bits per heavy atom. The van der Waals surface area contributed by atoms with Crippen LogP contribution in [-0.2, 0) is 9.53 Å². The Hall–Kier alpha value is -2.16. The molecule has 3 atom stereocenters. The van der Waals surface area contributed by atoms with Gasteiger partial charge in [0.05, 0.1) is 18.6 Å². The van der Waals surface area contributed by atoms with Gasteiger partial charge in [-0.15, -0.1) is 0 Å². The second kappa shape index (κ2) is 7.22. The van der Waals surface area contributed by atoms with Crippen molar-refractivity contribution in [2.45, 2.75) is 12.8 Å². The summed E-state index contributed by atoms with van der Waals surface area (Å²) in [6.45, 7) is 1.83. The van der Waals surface area contributed by atoms with E-state index < -0.39 is 23.2 Å². The highest BCUT2D eigenvalue weighted by molar-refractivity contribution is 9.10. The van der Waals surface area contributed by atoms with Crippen molar-refractivity contribution in [1.82, 2.24) is 0 Å². The summed E-state index contributed by atoms with van der Waals surface area (Å²) in [4.78, 5) is 25.6. The summed E-state index contributed by atoms with van der Waals surface area (Å²) >= 11 is 9.25. The van der Waals surface area contributed by atoms with E-state index >= 15 is 0 Å². The monoisotopic (exact) mass is 431 g/mol. The van der Waals surface area contributed by atoms with E-state index in [9.17, 15) is 14.9 Å². The lowest BCUT2D eigenvalue weighted by molar-refractivity contribution is -0.147. The molecule has 1 fully saturated rings. The number of hydrogen-bond acceptors (Lipinski definition) is 4. The highest BCUT2D eigenvalue weighted by Gasteiger charge is 2.75. The molecule has 2 aromatic rings. The maximum Gasteiger partial charge on any atom is 0.327 e. The molecule has 0 bridgehead atoms. The normalized spacial score (nSPS) is 23.8. The highest BCUT2D eigenvalue weighted by Crippen LogP contribution is 2.66. The van der Waals surface area contributed by atoms with Gasteiger partial charge in [0, 0.05) is 21.0 Å². The highest BCUT2D eigenvalue weighted by atomic mass is 79.9. The van der Waals surface area contributed by atoms with Crippen LogP contribution >= 0.6 is 27.5 Å². The third-order valence-electron chi connectivity index (χ3n) is 4.64. The molecule has 0 heterocycles. The Balaban J connectivity index is 2.03. The van der Waals surface area contributed by atoms with Gasteiger partial charge in [-0.05, 0) is 48.9 Å². The molecule has 4 nitrogen and oxygen atoms in total. The minimum absolute atomic E-state index is 0.150. The van der Waals surface area contributed by atoms with Crippen molar-refractivity contribution in [3.05, 3.63) is 69.2 Å². The van der Waals surface area contributed by atoms with E-state index in [-0.39, 0.29) is 12.4 Å². The molecule has 1 aliphatic rings. The van der Waals surface area contributed by atoms with Crippen LogP contribution in [0.25, 0.3) is 0 Å². The van der Waals surface area contributed by atoms with E-state index in [4.69, 9.17) is 16.3 Å². The minimum Gasteiger partial charge on any atom is -0.465 e. The fourth-order valence-electron chi connectivity index (χ4n) is 3.35. The minimum atomic E-state index is -1.50. The topological polar surface area (TPSA) is 67.2 Å². The van der Waals surface area contributed by atoms with Crippen molar-refractivity contribution in [3.63, 3.8) is 0 Å². The molecule has 1 saturated carbocycles. The number of nitrogens with zero attached hydrogens (tertiary/aromatic N) is 1. The van der Waals surface area contributed by atoms with Crippen molar-refractivity contribution in [2.24, 2.45) is 11.3 Å². The summed E-state index contributed by atoms with van der Waals surface area (Å²) < 4.78 is 6.00. The number of hydrogen-bond donors (Lipinski definition) is 0. The first-order valence-corrected chi connectivity index (χ1v) is 9.26. The van der Waals surface area contributed by atoms with Crippen LogP contribution in [0.15, 0.2) is 53.0 Å². The molecule has 3 unspecified atom stereocenters. The van der Waals surface area contributed by atoms with Crippen molar-refractivity contribution in [3.8, 4) is 6.07 Å². The Morgan fingerprint density at radius 1 is 1.19 bits per heavy atom. The Morgan fingerprint density at radius 3 is 2.35 bits per heavy atom. The average Bonchev–Trinajstić information content (AvgIpc) is 3.33. The lowest BCUT2D eigenvalue weighted by atomic mass is 9.99. The number of Topliss-reactive ketones (excluding diaryl/α,β-unsaturated/α-hetero) is 1. The summed E-state index contributed by atoms with van der Waals surface area (Å²) in [5.41, 5.74) is -0.321. The first-order valence-electron chi connectivity index (χ1n) is 8.09. The smallest absolute Gasteiger partial charge is 0.327 e.